The van der Waals surface area contributed by atoms with Crippen LogP contribution >= 0.6 is 27.5 Å². The van der Waals surface area contributed by atoms with Gasteiger partial charge in [0.2, 0.25) is 0 Å². The van der Waals surface area contributed by atoms with E-state index in [1.54, 1.807) is 0 Å². The summed E-state index contributed by atoms with van der Waals surface area (Å²) in [5.74, 6) is 1.17. The minimum Gasteiger partial charge on any atom is -0.378 e. The van der Waals surface area contributed by atoms with Gasteiger partial charge in [-0.3, -0.25) is 0 Å². The average molecular weight is 365 g/mol. The van der Waals surface area contributed by atoms with Crippen LogP contribution in [0.5, 0.6) is 0 Å². The van der Waals surface area contributed by atoms with Crippen LogP contribution in [0.1, 0.15) is 17.1 Å². The van der Waals surface area contributed by atoms with E-state index in [4.69, 9.17) is 4.52 Å². The van der Waals surface area contributed by atoms with Gasteiger partial charge < -0.3 is 9.84 Å². The molecule has 2 heterocycles. The zero-order valence-corrected chi connectivity index (χ0v) is 14.0. The van der Waals surface area contributed by atoms with Gasteiger partial charge in [0.15, 0.2) is 5.82 Å². The Kier molecular flexibility index (Phi) is 4.03. The molecule has 3 aromatic rings. The number of aromatic nitrogens is 3. The first-order chi connectivity index (χ1) is 10.2. The number of nitrogens with zero attached hydrogens (tertiary/aromatic N) is 3. The van der Waals surface area contributed by atoms with E-state index in [0.717, 1.165) is 26.3 Å². The van der Waals surface area contributed by atoms with Crippen LogP contribution < -0.4 is 5.32 Å². The van der Waals surface area contributed by atoms with Gasteiger partial charge in [-0.2, -0.15) is 9.36 Å². The minimum absolute atomic E-state index is 0.510. The Labute approximate surface area is 134 Å². The number of benzene rings is 1. The molecule has 21 heavy (non-hydrogen) atoms. The van der Waals surface area contributed by atoms with Crippen molar-refractivity contribution in [3.63, 3.8) is 0 Å². The van der Waals surface area contributed by atoms with Gasteiger partial charge in [0, 0.05) is 17.9 Å². The number of nitrogens with one attached hydrogen (secondary N) is 1. The van der Waals surface area contributed by atoms with Gasteiger partial charge in [-0.25, -0.2) is 0 Å². The molecule has 0 aliphatic carbocycles. The SMILES string of the molecule is CNc1snc(C)c1-c1nc(Cc2cccc(Br)c2)no1. The standard InChI is InChI=1S/C14H13BrN4OS/c1-8-12(14(16-2)21-19-8)13-17-11(18-20-13)7-9-4-3-5-10(15)6-9/h3-6,16H,7H2,1-2H3. The predicted molar refractivity (Wildman–Crippen MR) is 86.6 cm³/mol. The second-order valence-electron chi connectivity index (χ2n) is 4.54. The van der Waals surface area contributed by atoms with Gasteiger partial charge in [0.1, 0.15) is 5.00 Å². The lowest BCUT2D eigenvalue weighted by Gasteiger charge is -1.97. The van der Waals surface area contributed by atoms with Crippen LogP contribution in [0.25, 0.3) is 11.5 Å². The Balaban J connectivity index is 1.88. The lowest BCUT2D eigenvalue weighted by molar-refractivity contribution is 0.424. The van der Waals surface area contributed by atoms with Gasteiger partial charge in [-0.1, -0.05) is 33.2 Å². The maximum absolute atomic E-state index is 5.39. The van der Waals surface area contributed by atoms with Crippen LogP contribution in [0, 0.1) is 6.92 Å². The number of hydrogen-bond donors (Lipinski definition) is 1. The number of rotatable bonds is 4. The van der Waals surface area contributed by atoms with E-state index in [1.807, 2.05) is 38.2 Å². The molecule has 0 radical (unpaired) electrons. The maximum atomic E-state index is 5.39. The first-order valence-corrected chi connectivity index (χ1v) is 7.95. The van der Waals surface area contributed by atoms with Gasteiger partial charge in [0.25, 0.3) is 5.89 Å². The summed E-state index contributed by atoms with van der Waals surface area (Å²) < 4.78 is 10.7. The number of hydrogen-bond acceptors (Lipinski definition) is 6. The minimum atomic E-state index is 0.510. The Bertz CT molecular complexity index is 768. The molecule has 0 amide bonds. The van der Waals surface area contributed by atoms with E-state index >= 15 is 0 Å². The topological polar surface area (TPSA) is 63.8 Å². The molecule has 0 saturated carbocycles. The van der Waals surface area contributed by atoms with Gasteiger partial charge >= 0.3 is 0 Å². The lowest BCUT2D eigenvalue weighted by Crippen LogP contribution is -1.92. The van der Waals surface area contributed by atoms with Crippen molar-refractivity contribution < 1.29 is 4.52 Å². The summed E-state index contributed by atoms with van der Waals surface area (Å²) in [7, 11) is 1.86. The molecular formula is C14H13BrN4OS. The summed E-state index contributed by atoms with van der Waals surface area (Å²) in [6.45, 7) is 1.94. The van der Waals surface area contributed by atoms with Gasteiger partial charge in [-0.05, 0) is 36.2 Å². The van der Waals surface area contributed by atoms with E-state index in [0.29, 0.717) is 18.1 Å². The maximum Gasteiger partial charge on any atom is 0.262 e. The Hall–Kier alpha value is -1.73. The molecule has 2 aromatic heterocycles. The van der Waals surface area contributed by atoms with E-state index in [9.17, 15) is 0 Å². The third-order valence-electron chi connectivity index (χ3n) is 3.02. The zero-order valence-electron chi connectivity index (χ0n) is 11.6. The van der Waals surface area contributed by atoms with E-state index in [2.05, 4.69) is 35.8 Å². The van der Waals surface area contributed by atoms with E-state index in [-0.39, 0.29) is 0 Å². The van der Waals surface area contributed by atoms with Crippen LogP contribution in [0.2, 0.25) is 0 Å². The highest BCUT2D eigenvalue weighted by Gasteiger charge is 2.18. The molecular weight excluding hydrogens is 352 g/mol. The number of anilines is 1. The fourth-order valence-electron chi connectivity index (χ4n) is 2.05. The highest BCUT2D eigenvalue weighted by atomic mass is 79.9. The highest BCUT2D eigenvalue weighted by Crippen LogP contribution is 2.33. The normalized spacial score (nSPS) is 10.8. The number of halogens is 1. The molecule has 3 rings (SSSR count). The van der Waals surface area contributed by atoms with Gasteiger partial charge in [-0.15, -0.1) is 0 Å². The molecule has 0 spiro atoms. The third kappa shape index (κ3) is 2.98. The molecule has 5 nitrogen and oxygen atoms in total. The molecule has 7 heteroatoms. The fourth-order valence-corrected chi connectivity index (χ4v) is 3.23. The monoisotopic (exact) mass is 364 g/mol. The molecule has 0 aliphatic heterocycles. The second-order valence-corrected chi connectivity index (χ2v) is 6.23. The van der Waals surface area contributed by atoms with Crippen molar-refractivity contribution in [1.29, 1.82) is 0 Å². The van der Waals surface area contributed by atoms with Crippen molar-refractivity contribution in [1.82, 2.24) is 14.5 Å². The fraction of sp³-hybridized carbons (Fsp3) is 0.214. The third-order valence-corrected chi connectivity index (χ3v) is 4.47. The molecule has 0 aliphatic rings. The smallest absolute Gasteiger partial charge is 0.262 e. The summed E-state index contributed by atoms with van der Waals surface area (Å²) >= 11 is 4.85. The highest BCUT2D eigenvalue weighted by molar-refractivity contribution is 9.10. The van der Waals surface area contributed by atoms with E-state index < -0.39 is 0 Å². The van der Waals surface area contributed by atoms with Crippen LogP contribution in [-0.4, -0.2) is 21.6 Å². The molecule has 0 atom stereocenters. The lowest BCUT2D eigenvalue weighted by atomic mass is 10.1. The summed E-state index contributed by atoms with van der Waals surface area (Å²) in [6.07, 6.45) is 0.633. The quantitative estimate of drug-likeness (QED) is 0.760. The second kappa shape index (κ2) is 5.95. The van der Waals surface area contributed by atoms with Crippen LogP contribution in [-0.2, 0) is 6.42 Å². The Morgan fingerprint density at radius 2 is 2.24 bits per heavy atom. The summed E-state index contributed by atoms with van der Waals surface area (Å²) in [5, 5.41) is 8.10. The molecule has 0 bridgehead atoms. The first kappa shape index (κ1) is 14.2. The van der Waals surface area contributed by atoms with Crippen molar-refractivity contribution in [2.75, 3.05) is 12.4 Å². The molecule has 0 fully saturated rings. The summed E-state index contributed by atoms with van der Waals surface area (Å²) in [5.41, 5.74) is 2.91. The van der Waals surface area contributed by atoms with Crippen molar-refractivity contribution in [3.05, 3.63) is 45.8 Å². The summed E-state index contributed by atoms with van der Waals surface area (Å²) in [4.78, 5) is 4.48. The van der Waals surface area contributed by atoms with Gasteiger partial charge in [0.05, 0.1) is 11.3 Å². The molecule has 0 unspecified atom stereocenters. The van der Waals surface area contributed by atoms with Crippen molar-refractivity contribution >= 4 is 32.5 Å². The van der Waals surface area contributed by atoms with E-state index in [1.165, 1.54) is 11.5 Å². The molecule has 1 aromatic carbocycles. The first-order valence-electron chi connectivity index (χ1n) is 6.39. The van der Waals surface area contributed by atoms with Crippen LogP contribution in [0.4, 0.5) is 5.00 Å². The Morgan fingerprint density at radius 1 is 1.38 bits per heavy atom. The molecule has 0 saturated heterocycles. The molecule has 1 N–H and O–H groups in total. The largest absolute Gasteiger partial charge is 0.378 e. The predicted octanol–water partition coefficient (Wildman–Crippen LogP) is 3.90. The van der Waals surface area contributed by atoms with Crippen molar-refractivity contribution in [2.45, 2.75) is 13.3 Å². The number of aryl methyl sites for hydroxylation is 1. The van der Waals surface area contributed by atoms with Crippen molar-refractivity contribution in [2.24, 2.45) is 0 Å². The Morgan fingerprint density at radius 3 is 3.00 bits per heavy atom. The zero-order chi connectivity index (χ0) is 14.8. The van der Waals surface area contributed by atoms with Crippen molar-refractivity contribution in [3.8, 4) is 11.5 Å². The average Bonchev–Trinajstić information content (AvgIpc) is 3.05. The van der Waals surface area contributed by atoms with Crippen LogP contribution in [0.15, 0.2) is 33.3 Å². The summed E-state index contributed by atoms with van der Waals surface area (Å²) in [6, 6.07) is 8.07. The molecule has 108 valence electrons. The van der Waals surface area contributed by atoms with Crippen LogP contribution in [0.3, 0.4) is 0 Å².